The molecule has 14 rings (SSSR count). The van der Waals surface area contributed by atoms with E-state index >= 15 is 0 Å². The van der Waals surface area contributed by atoms with Gasteiger partial charge in [0.2, 0.25) is 0 Å². The summed E-state index contributed by atoms with van der Waals surface area (Å²) in [6.45, 7) is 0. The lowest BCUT2D eigenvalue weighted by molar-refractivity contribution is 0.719. The summed E-state index contributed by atoms with van der Waals surface area (Å²) in [6, 6.07) is 82.8. The van der Waals surface area contributed by atoms with Crippen molar-refractivity contribution in [2.24, 2.45) is 9.98 Å². The smallest absolute Gasteiger partial charge is 0.169 e. The summed E-state index contributed by atoms with van der Waals surface area (Å²) in [5, 5.41) is 15.0. The molecule has 0 radical (unpaired) electrons. The van der Waals surface area contributed by atoms with Gasteiger partial charge in [-0.15, -0.1) is 0 Å². The molecule has 0 aliphatic carbocycles. The van der Waals surface area contributed by atoms with Crippen molar-refractivity contribution in [2.45, 2.75) is 11.6 Å². The fourth-order valence-electron chi connectivity index (χ4n) is 11.3. The molecule has 0 fully saturated rings. The van der Waals surface area contributed by atoms with Crippen molar-refractivity contribution in [3.8, 4) is 5.69 Å². The van der Waals surface area contributed by atoms with Crippen LogP contribution in [-0.4, -0.2) is 16.2 Å². The quantitative estimate of drug-likeness (QED) is 0.176. The monoisotopic (exact) mass is 846 g/mol. The van der Waals surface area contributed by atoms with Crippen LogP contribution in [0.15, 0.2) is 234 Å². The number of hydrogen-bond acceptors (Lipinski definition) is 3. The zero-order valence-corrected chi connectivity index (χ0v) is 36.1. The molecule has 4 nitrogen and oxygen atoms in total. The van der Waals surface area contributed by atoms with Crippen LogP contribution in [-0.2, 0) is 5.41 Å². The van der Waals surface area contributed by atoms with Crippen LogP contribution >= 0.6 is 7.92 Å². The van der Waals surface area contributed by atoms with Gasteiger partial charge in [-0.25, -0.2) is 9.98 Å². The van der Waals surface area contributed by atoms with Crippen molar-refractivity contribution in [3.63, 3.8) is 0 Å². The normalized spacial score (nSPS) is 17.4. The van der Waals surface area contributed by atoms with Crippen LogP contribution < -0.4 is 21.2 Å². The number of benzene rings is 10. The molecular weight excluding hydrogens is 808 g/mol. The SMILES string of the molecule is c1ccc(P2c3ccccc3C3(c4ccccc4-n4c5ccccc5c5cccc3c54)c3cc(C4N=C(c5cccc6ccccc56)NC(c5cccc6ccccc56)=N4)ccc32)cc1. The molecule has 0 saturated heterocycles. The Morgan fingerprint density at radius 2 is 0.985 bits per heavy atom. The third kappa shape index (κ3) is 5.17. The van der Waals surface area contributed by atoms with Gasteiger partial charge in [0.05, 0.1) is 22.1 Å². The lowest BCUT2D eigenvalue weighted by atomic mass is 9.62. The molecule has 2 unspecified atom stereocenters. The van der Waals surface area contributed by atoms with Gasteiger partial charge < -0.3 is 9.88 Å². The van der Waals surface area contributed by atoms with Crippen LogP contribution in [0, 0.1) is 0 Å². The number of para-hydroxylation sites is 3. The minimum Gasteiger partial charge on any atom is -0.324 e. The average Bonchev–Trinajstić information content (AvgIpc) is 3.72. The molecule has 11 aromatic rings. The van der Waals surface area contributed by atoms with E-state index < -0.39 is 19.5 Å². The highest BCUT2D eigenvalue weighted by Gasteiger charge is 2.51. The number of hydrogen-bond donors (Lipinski definition) is 1. The number of amidine groups is 2. The summed E-state index contributed by atoms with van der Waals surface area (Å²) in [5.74, 6) is 1.62. The Morgan fingerprint density at radius 1 is 0.431 bits per heavy atom. The molecule has 2 atom stereocenters. The molecule has 1 aromatic heterocycles. The first-order chi connectivity index (χ1) is 32.3. The second kappa shape index (κ2) is 14.0. The third-order valence-electron chi connectivity index (χ3n) is 14.0. The standard InChI is InChI=1S/C60H39N4P/c1-2-21-41(22-3-1)65-54-34-13-10-30-49(54)60(48-29-9-12-33-53(48)64-52-32-11-8-25-44(52)45-26-16-31-50(60)56(45)64)51-37-40(35-36-55(51)65)57-61-58(46-27-14-19-38-17-4-6-23-42(38)46)63-59(62-57)47-28-15-20-39-18-5-7-24-43(39)47/h1-37,57H,(H,61,62,63). The molecular formula is C60H39N4P. The number of nitrogens with zero attached hydrogens (tertiary/aromatic N) is 3. The molecule has 304 valence electrons. The molecule has 65 heavy (non-hydrogen) atoms. The Balaban J connectivity index is 1.09. The Bertz CT molecular complexity index is 3740. The highest BCUT2D eigenvalue weighted by molar-refractivity contribution is 7.80. The fourth-order valence-corrected chi connectivity index (χ4v) is 14.0. The van der Waals surface area contributed by atoms with E-state index in [1.54, 1.807) is 0 Å². The molecule has 4 heterocycles. The summed E-state index contributed by atoms with van der Waals surface area (Å²) in [6.07, 6.45) is -0.525. The van der Waals surface area contributed by atoms with Crippen molar-refractivity contribution in [3.05, 3.63) is 263 Å². The van der Waals surface area contributed by atoms with Gasteiger partial charge in [0.15, 0.2) is 6.17 Å². The molecule has 3 aliphatic rings. The van der Waals surface area contributed by atoms with Crippen molar-refractivity contribution in [1.29, 1.82) is 0 Å². The van der Waals surface area contributed by atoms with Crippen LogP contribution in [0.1, 0.15) is 45.1 Å². The van der Waals surface area contributed by atoms with Crippen LogP contribution in [0.2, 0.25) is 0 Å². The van der Waals surface area contributed by atoms with Crippen molar-refractivity contribution in [1.82, 2.24) is 9.88 Å². The number of nitrogens with one attached hydrogen (secondary N) is 1. The van der Waals surface area contributed by atoms with Gasteiger partial charge in [-0.3, -0.25) is 0 Å². The highest BCUT2D eigenvalue weighted by Crippen LogP contribution is 2.58. The molecule has 0 amide bonds. The van der Waals surface area contributed by atoms with Crippen LogP contribution in [0.25, 0.3) is 49.0 Å². The van der Waals surface area contributed by atoms with Crippen LogP contribution in [0.3, 0.4) is 0 Å². The highest BCUT2D eigenvalue weighted by atomic mass is 31.1. The minimum absolute atomic E-state index is 0.525. The van der Waals surface area contributed by atoms with Gasteiger partial charge in [-0.05, 0) is 91.4 Å². The Labute approximate surface area is 377 Å². The lowest BCUT2D eigenvalue weighted by Crippen LogP contribution is -2.47. The first kappa shape index (κ1) is 36.6. The lowest BCUT2D eigenvalue weighted by Gasteiger charge is -2.48. The first-order valence-electron chi connectivity index (χ1n) is 22.4. The summed E-state index contributed by atoms with van der Waals surface area (Å²) >= 11 is 0. The van der Waals surface area contributed by atoms with E-state index in [4.69, 9.17) is 9.98 Å². The van der Waals surface area contributed by atoms with E-state index in [9.17, 15) is 0 Å². The van der Waals surface area contributed by atoms with E-state index in [1.165, 1.54) is 76.4 Å². The van der Waals surface area contributed by atoms with Crippen LogP contribution in [0.4, 0.5) is 0 Å². The van der Waals surface area contributed by atoms with Gasteiger partial charge >= 0.3 is 0 Å². The van der Waals surface area contributed by atoms with E-state index in [-0.39, 0.29) is 0 Å². The summed E-state index contributed by atoms with van der Waals surface area (Å²) in [4.78, 5) is 11.2. The molecule has 1 spiro atoms. The molecule has 3 aliphatic heterocycles. The van der Waals surface area contributed by atoms with Crippen molar-refractivity contribution < 1.29 is 0 Å². The fraction of sp³-hybridized carbons (Fsp3) is 0.0333. The van der Waals surface area contributed by atoms with Crippen molar-refractivity contribution in [2.75, 3.05) is 0 Å². The van der Waals surface area contributed by atoms with Crippen molar-refractivity contribution >= 4 is 78.9 Å². The number of aromatic nitrogens is 1. The van der Waals surface area contributed by atoms with Gasteiger partial charge in [-0.1, -0.05) is 206 Å². The Hall–Kier alpha value is -7.91. The van der Waals surface area contributed by atoms with E-state index in [2.05, 4.69) is 234 Å². The predicted molar refractivity (Wildman–Crippen MR) is 272 cm³/mol. The maximum absolute atomic E-state index is 5.60. The van der Waals surface area contributed by atoms with E-state index in [0.717, 1.165) is 39.1 Å². The zero-order valence-electron chi connectivity index (χ0n) is 35.2. The topological polar surface area (TPSA) is 41.7 Å². The van der Waals surface area contributed by atoms with E-state index in [0.29, 0.717) is 0 Å². The maximum atomic E-state index is 5.60. The first-order valence-corrected chi connectivity index (χ1v) is 23.7. The van der Waals surface area contributed by atoms with E-state index in [1.807, 2.05) is 0 Å². The number of aliphatic imine (C=N–C) groups is 2. The molecule has 10 aromatic carbocycles. The summed E-state index contributed by atoms with van der Waals surface area (Å²) in [7, 11) is -0.935. The summed E-state index contributed by atoms with van der Waals surface area (Å²) in [5.41, 5.74) is 11.4. The predicted octanol–water partition coefficient (Wildman–Crippen LogP) is 12.4. The molecule has 0 bridgehead atoms. The second-order valence-corrected chi connectivity index (χ2v) is 19.4. The average molecular weight is 847 g/mol. The largest absolute Gasteiger partial charge is 0.324 e. The van der Waals surface area contributed by atoms with Gasteiger partial charge in [0.1, 0.15) is 11.7 Å². The summed E-state index contributed by atoms with van der Waals surface area (Å²) < 4.78 is 2.52. The third-order valence-corrected chi connectivity index (χ3v) is 16.6. The maximum Gasteiger partial charge on any atom is 0.169 e. The molecule has 5 heteroatoms. The zero-order chi connectivity index (χ0) is 42.6. The Morgan fingerprint density at radius 3 is 1.74 bits per heavy atom. The minimum atomic E-state index is -0.935. The molecule has 0 saturated carbocycles. The van der Waals surface area contributed by atoms with Crippen LogP contribution in [0.5, 0.6) is 0 Å². The van der Waals surface area contributed by atoms with Gasteiger partial charge in [0, 0.05) is 21.9 Å². The second-order valence-electron chi connectivity index (χ2n) is 17.3. The number of fused-ring (bicyclic) bond motifs is 13. The Kier molecular flexibility index (Phi) is 7.90. The number of rotatable bonds is 4. The molecule has 1 N–H and O–H groups in total. The van der Waals surface area contributed by atoms with Gasteiger partial charge in [0.25, 0.3) is 0 Å². The van der Waals surface area contributed by atoms with Gasteiger partial charge in [-0.2, -0.15) is 0 Å².